The van der Waals surface area contributed by atoms with Gasteiger partial charge in [-0.05, 0) is 25.7 Å². The van der Waals surface area contributed by atoms with E-state index in [2.05, 4.69) is 19.8 Å². The van der Waals surface area contributed by atoms with Crippen LogP contribution in [0.3, 0.4) is 0 Å². The summed E-state index contributed by atoms with van der Waals surface area (Å²) in [6, 6.07) is 0. The van der Waals surface area contributed by atoms with E-state index < -0.39 is 0 Å². The number of nitrogens with zero attached hydrogens (tertiary/aromatic N) is 5. The Morgan fingerprint density at radius 3 is 2.48 bits per heavy atom. The Labute approximate surface area is 150 Å². The molecule has 0 aromatic carbocycles. The first-order valence-electron chi connectivity index (χ1n) is 9.31. The number of carbonyl (C=O) groups is 1. The third kappa shape index (κ3) is 5.12. The van der Waals surface area contributed by atoms with Crippen molar-refractivity contribution in [2.24, 2.45) is 0 Å². The standard InChI is InChI=1S/C18H29N5O2/c1-25-15-17(24)22-9-5-6-21(10-11-22)14-16-12-19-18(20-13-16)23-7-3-2-4-8-23/h12-13H,2-11,14-15H2,1H3. The van der Waals surface area contributed by atoms with Gasteiger partial charge in [-0.3, -0.25) is 9.69 Å². The fourth-order valence-electron chi connectivity index (χ4n) is 3.54. The third-order valence-electron chi connectivity index (χ3n) is 4.95. The Morgan fingerprint density at radius 1 is 1.00 bits per heavy atom. The van der Waals surface area contributed by atoms with E-state index in [1.54, 1.807) is 7.11 Å². The van der Waals surface area contributed by atoms with Crippen LogP contribution >= 0.6 is 0 Å². The molecule has 138 valence electrons. The van der Waals surface area contributed by atoms with E-state index >= 15 is 0 Å². The van der Waals surface area contributed by atoms with Gasteiger partial charge in [-0.1, -0.05) is 0 Å². The van der Waals surface area contributed by atoms with Crippen molar-refractivity contribution >= 4 is 11.9 Å². The lowest BCUT2D eigenvalue weighted by atomic mass is 10.1. The van der Waals surface area contributed by atoms with E-state index in [4.69, 9.17) is 4.74 Å². The summed E-state index contributed by atoms with van der Waals surface area (Å²) >= 11 is 0. The lowest BCUT2D eigenvalue weighted by Gasteiger charge is -2.26. The summed E-state index contributed by atoms with van der Waals surface area (Å²) < 4.78 is 4.96. The molecule has 0 aliphatic carbocycles. The second kappa shape index (κ2) is 9.10. The number of hydrogen-bond donors (Lipinski definition) is 0. The lowest BCUT2D eigenvalue weighted by molar-refractivity contribution is -0.135. The van der Waals surface area contributed by atoms with Gasteiger partial charge in [-0.25, -0.2) is 9.97 Å². The molecule has 0 bridgehead atoms. The first-order chi connectivity index (χ1) is 12.3. The Balaban J connectivity index is 1.51. The van der Waals surface area contributed by atoms with Crippen molar-refractivity contribution < 1.29 is 9.53 Å². The van der Waals surface area contributed by atoms with Gasteiger partial charge in [-0.2, -0.15) is 0 Å². The molecule has 0 radical (unpaired) electrons. The van der Waals surface area contributed by atoms with Crippen molar-refractivity contribution in [2.75, 3.05) is 57.9 Å². The summed E-state index contributed by atoms with van der Waals surface area (Å²) in [7, 11) is 1.57. The highest BCUT2D eigenvalue weighted by Gasteiger charge is 2.19. The highest BCUT2D eigenvalue weighted by molar-refractivity contribution is 5.77. The molecule has 7 heteroatoms. The molecular formula is C18H29N5O2. The smallest absolute Gasteiger partial charge is 0.248 e. The summed E-state index contributed by atoms with van der Waals surface area (Å²) in [6.07, 6.45) is 8.68. The van der Waals surface area contributed by atoms with Gasteiger partial charge < -0.3 is 14.5 Å². The SMILES string of the molecule is COCC(=O)N1CCCN(Cc2cnc(N3CCCCC3)nc2)CC1. The molecule has 1 aromatic rings. The van der Waals surface area contributed by atoms with Crippen molar-refractivity contribution in [1.29, 1.82) is 0 Å². The molecule has 7 nitrogen and oxygen atoms in total. The van der Waals surface area contributed by atoms with Crippen LogP contribution in [0.5, 0.6) is 0 Å². The van der Waals surface area contributed by atoms with Gasteiger partial charge in [-0.15, -0.1) is 0 Å². The van der Waals surface area contributed by atoms with E-state index in [0.717, 1.165) is 63.7 Å². The Bertz CT molecular complexity index is 545. The summed E-state index contributed by atoms with van der Waals surface area (Å²) in [4.78, 5) is 27.6. The summed E-state index contributed by atoms with van der Waals surface area (Å²) in [5, 5.41) is 0. The minimum absolute atomic E-state index is 0.0820. The molecule has 2 aliphatic rings. The first-order valence-corrected chi connectivity index (χ1v) is 9.31. The number of methoxy groups -OCH3 is 1. The maximum absolute atomic E-state index is 12.0. The van der Waals surface area contributed by atoms with Crippen LogP contribution in [0.1, 0.15) is 31.2 Å². The molecule has 1 aromatic heterocycles. The third-order valence-corrected chi connectivity index (χ3v) is 4.95. The zero-order valence-electron chi connectivity index (χ0n) is 15.2. The van der Waals surface area contributed by atoms with E-state index in [0.29, 0.717) is 0 Å². The van der Waals surface area contributed by atoms with Gasteiger partial charge >= 0.3 is 0 Å². The maximum atomic E-state index is 12.0. The van der Waals surface area contributed by atoms with Gasteiger partial charge in [0.25, 0.3) is 0 Å². The summed E-state index contributed by atoms with van der Waals surface area (Å²) in [6.45, 7) is 6.58. The maximum Gasteiger partial charge on any atom is 0.248 e. The average Bonchev–Trinajstić information content (AvgIpc) is 2.89. The number of amides is 1. The molecule has 2 aliphatic heterocycles. The Kier molecular flexibility index (Phi) is 6.58. The highest BCUT2D eigenvalue weighted by atomic mass is 16.5. The number of piperidine rings is 1. The van der Waals surface area contributed by atoms with E-state index in [1.165, 1.54) is 19.3 Å². The molecule has 2 saturated heterocycles. The minimum Gasteiger partial charge on any atom is -0.375 e. The minimum atomic E-state index is 0.0820. The topological polar surface area (TPSA) is 61.8 Å². The fourth-order valence-corrected chi connectivity index (χ4v) is 3.54. The monoisotopic (exact) mass is 347 g/mol. The first kappa shape index (κ1) is 18.1. The van der Waals surface area contributed by atoms with Crippen LogP contribution in [-0.4, -0.2) is 78.7 Å². The molecule has 3 heterocycles. The number of rotatable bonds is 5. The number of anilines is 1. The molecule has 0 saturated carbocycles. The van der Waals surface area contributed by atoms with Gasteiger partial charge in [0, 0.05) is 70.9 Å². The Hall–Kier alpha value is -1.73. The molecular weight excluding hydrogens is 318 g/mol. The number of carbonyl (C=O) groups excluding carboxylic acids is 1. The lowest BCUT2D eigenvalue weighted by Crippen LogP contribution is -2.37. The van der Waals surface area contributed by atoms with E-state index in [-0.39, 0.29) is 12.5 Å². The van der Waals surface area contributed by atoms with Crippen molar-refractivity contribution in [3.05, 3.63) is 18.0 Å². The van der Waals surface area contributed by atoms with Crippen molar-refractivity contribution in [2.45, 2.75) is 32.2 Å². The number of hydrogen-bond acceptors (Lipinski definition) is 6. The molecule has 0 N–H and O–H groups in total. The zero-order chi connectivity index (χ0) is 17.5. The van der Waals surface area contributed by atoms with Crippen molar-refractivity contribution in [3.63, 3.8) is 0 Å². The predicted octanol–water partition coefficient (Wildman–Crippen LogP) is 1.15. The molecule has 0 atom stereocenters. The van der Waals surface area contributed by atoms with Crippen LogP contribution < -0.4 is 4.90 Å². The molecule has 2 fully saturated rings. The van der Waals surface area contributed by atoms with Crippen molar-refractivity contribution in [3.8, 4) is 0 Å². The fraction of sp³-hybridized carbons (Fsp3) is 0.722. The van der Waals surface area contributed by atoms with Crippen LogP contribution in [-0.2, 0) is 16.1 Å². The van der Waals surface area contributed by atoms with Crippen LogP contribution in [0, 0.1) is 0 Å². The number of aromatic nitrogens is 2. The molecule has 1 amide bonds. The van der Waals surface area contributed by atoms with Crippen molar-refractivity contribution in [1.82, 2.24) is 19.8 Å². The molecule has 0 spiro atoms. The number of ether oxygens (including phenoxy) is 1. The predicted molar refractivity (Wildman–Crippen MR) is 96.4 cm³/mol. The highest BCUT2D eigenvalue weighted by Crippen LogP contribution is 2.16. The molecule has 25 heavy (non-hydrogen) atoms. The van der Waals surface area contributed by atoms with E-state index in [1.807, 2.05) is 17.3 Å². The van der Waals surface area contributed by atoms with Crippen LogP contribution in [0.2, 0.25) is 0 Å². The second-order valence-electron chi connectivity index (χ2n) is 6.88. The summed E-state index contributed by atoms with van der Waals surface area (Å²) in [5.74, 6) is 0.939. The zero-order valence-corrected chi connectivity index (χ0v) is 15.2. The normalized spacial score (nSPS) is 19.7. The van der Waals surface area contributed by atoms with Gasteiger partial charge in [0.15, 0.2) is 0 Å². The van der Waals surface area contributed by atoms with Crippen LogP contribution in [0.4, 0.5) is 5.95 Å². The Morgan fingerprint density at radius 2 is 1.76 bits per heavy atom. The van der Waals surface area contributed by atoms with Gasteiger partial charge in [0.2, 0.25) is 11.9 Å². The summed E-state index contributed by atoms with van der Waals surface area (Å²) in [5.41, 5.74) is 1.14. The van der Waals surface area contributed by atoms with Gasteiger partial charge in [0.1, 0.15) is 6.61 Å². The van der Waals surface area contributed by atoms with Crippen LogP contribution in [0.25, 0.3) is 0 Å². The molecule has 0 unspecified atom stereocenters. The van der Waals surface area contributed by atoms with E-state index in [9.17, 15) is 4.79 Å². The quantitative estimate of drug-likeness (QED) is 0.796. The largest absolute Gasteiger partial charge is 0.375 e. The molecule has 3 rings (SSSR count). The second-order valence-corrected chi connectivity index (χ2v) is 6.88. The average molecular weight is 347 g/mol. The van der Waals surface area contributed by atoms with Crippen LogP contribution in [0.15, 0.2) is 12.4 Å². The van der Waals surface area contributed by atoms with Gasteiger partial charge in [0.05, 0.1) is 0 Å².